The molecule has 0 unspecified atom stereocenters. The number of carboxylic acid groups (broad SMARTS) is 1. The van der Waals surface area contributed by atoms with Crippen molar-refractivity contribution in [2.45, 2.75) is 63.2 Å². The molecule has 0 spiro atoms. The first-order chi connectivity index (χ1) is 16.1. The topological polar surface area (TPSA) is 83.9 Å². The molecule has 0 saturated heterocycles. The lowest BCUT2D eigenvalue weighted by Crippen LogP contribution is -2.37. The van der Waals surface area contributed by atoms with Crippen molar-refractivity contribution in [1.29, 1.82) is 0 Å². The highest BCUT2D eigenvalue weighted by atomic mass is 32.2. The number of ether oxygens (including phenoxy) is 1. The normalized spacial score (nSPS) is 12.4. The van der Waals surface area contributed by atoms with Crippen molar-refractivity contribution in [2.24, 2.45) is 0 Å². The number of thiophene rings is 1. The first-order valence-electron chi connectivity index (χ1n) is 11.6. The third-order valence-electron chi connectivity index (χ3n) is 5.75. The van der Waals surface area contributed by atoms with Crippen LogP contribution in [0.4, 0.5) is 0 Å². The van der Waals surface area contributed by atoms with E-state index < -0.39 is 21.6 Å². The molecule has 3 rings (SSSR count). The zero-order valence-electron chi connectivity index (χ0n) is 20.2. The number of carbonyl (C=O) groups is 1. The Morgan fingerprint density at radius 1 is 1.06 bits per heavy atom. The number of aryl methyl sites for hydroxylation is 2. The Balaban J connectivity index is 1.71. The maximum atomic E-state index is 13.6. The van der Waals surface area contributed by atoms with Gasteiger partial charge in [0.2, 0.25) is 0 Å². The second kappa shape index (κ2) is 10.9. The van der Waals surface area contributed by atoms with Gasteiger partial charge in [-0.2, -0.15) is 4.31 Å². The number of hydrogen-bond donors (Lipinski definition) is 1. The molecule has 8 heteroatoms. The Labute approximate surface area is 206 Å². The number of hydrogen-bond acceptors (Lipinski definition) is 5. The van der Waals surface area contributed by atoms with Crippen molar-refractivity contribution < 1.29 is 23.1 Å². The van der Waals surface area contributed by atoms with Crippen LogP contribution in [0.25, 0.3) is 10.1 Å². The Hall–Kier alpha value is -2.42. The molecule has 2 aromatic carbocycles. The quantitative estimate of drug-likeness (QED) is 0.341. The lowest BCUT2D eigenvalue weighted by Gasteiger charge is -2.22. The van der Waals surface area contributed by atoms with E-state index in [0.29, 0.717) is 42.3 Å². The first kappa shape index (κ1) is 26.2. The van der Waals surface area contributed by atoms with Gasteiger partial charge >= 0.3 is 5.97 Å². The highest BCUT2D eigenvalue weighted by molar-refractivity contribution is 7.91. The summed E-state index contributed by atoms with van der Waals surface area (Å²) < 4.78 is 35.9. The fourth-order valence-corrected chi connectivity index (χ4v) is 7.48. The van der Waals surface area contributed by atoms with E-state index in [2.05, 4.69) is 0 Å². The summed E-state index contributed by atoms with van der Waals surface area (Å²) in [7, 11) is -3.58. The fourth-order valence-electron chi connectivity index (χ4n) is 3.86. The van der Waals surface area contributed by atoms with Crippen LogP contribution in [0.1, 0.15) is 51.7 Å². The lowest BCUT2D eigenvalue weighted by molar-refractivity contribution is -0.152. The van der Waals surface area contributed by atoms with Crippen LogP contribution in [0.15, 0.2) is 52.7 Å². The summed E-state index contributed by atoms with van der Waals surface area (Å²) in [4.78, 5) is 11.2. The predicted octanol–water partition coefficient (Wildman–Crippen LogP) is 5.74. The molecule has 0 aliphatic heterocycles. The molecule has 0 amide bonds. The van der Waals surface area contributed by atoms with Crippen molar-refractivity contribution >= 4 is 37.4 Å². The molecule has 0 aliphatic rings. The Morgan fingerprint density at radius 2 is 1.74 bits per heavy atom. The van der Waals surface area contributed by atoms with Crippen LogP contribution in [-0.2, 0) is 27.7 Å². The van der Waals surface area contributed by atoms with Gasteiger partial charge in [-0.25, -0.2) is 13.2 Å². The molecule has 1 aromatic heterocycles. The number of fused-ring (bicyclic) bond motifs is 1. The molecule has 184 valence electrons. The minimum Gasteiger partial charge on any atom is -0.478 e. The second-order valence-electron chi connectivity index (χ2n) is 8.79. The molecule has 0 atom stereocenters. The van der Waals surface area contributed by atoms with Crippen LogP contribution in [0.2, 0.25) is 0 Å². The Kier molecular flexibility index (Phi) is 8.38. The van der Waals surface area contributed by atoms with Gasteiger partial charge in [0, 0.05) is 17.8 Å². The molecular weight excluding hydrogens is 470 g/mol. The summed E-state index contributed by atoms with van der Waals surface area (Å²) in [6, 6.07) is 15.2. The summed E-state index contributed by atoms with van der Waals surface area (Å²) >= 11 is 1.36. The number of aliphatic carboxylic acids is 1. The maximum Gasteiger partial charge on any atom is 0.347 e. The van der Waals surface area contributed by atoms with Crippen molar-refractivity contribution in [3.05, 3.63) is 59.7 Å². The number of sulfonamides is 1. The Morgan fingerprint density at radius 3 is 2.35 bits per heavy atom. The van der Waals surface area contributed by atoms with Crippen molar-refractivity contribution in [2.75, 3.05) is 13.1 Å². The lowest BCUT2D eigenvalue weighted by atomic mass is 10.1. The van der Waals surface area contributed by atoms with Crippen LogP contribution in [0.5, 0.6) is 5.75 Å². The third kappa shape index (κ3) is 5.79. The molecule has 0 radical (unpaired) electrons. The third-order valence-corrected chi connectivity index (χ3v) is 9.40. The van der Waals surface area contributed by atoms with Gasteiger partial charge in [-0.3, -0.25) is 0 Å². The van der Waals surface area contributed by atoms with E-state index in [-0.39, 0.29) is 0 Å². The largest absolute Gasteiger partial charge is 0.478 e. The van der Waals surface area contributed by atoms with Gasteiger partial charge in [0.25, 0.3) is 10.0 Å². The van der Waals surface area contributed by atoms with E-state index in [4.69, 9.17) is 4.74 Å². The van der Waals surface area contributed by atoms with Crippen molar-refractivity contribution in [3.8, 4) is 5.75 Å². The standard InChI is InChI=1S/C26H33NO5S2/c1-5-17-27(34(30,31)24-21(6-2)22-11-7-8-12-23(22)33-24)18-9-10-19-13-15-20(16-14-19)32-26(3,4)25(28)29/h7-8,11-16H,5-6,9-10,17-18H2,1-4H3,(H,28,29). The molecule has 0 fully saturated rings. The highest BCUT2D eigenvalue weighted by Gasteiger charge is 2.30. The average molecular weight is 504 g/mol. The fraction of sp³-hybridized carbons (Fsp3) is 0.423. The van der Waals surface area contributed by atoms with E-state index in [1.165, 1.54) is 25.2 Å². The molecular formula is C26H33NO5S2. The van der Waals surface area contributed by atoms with E-state index in [1.54, 1.807) is 16.4 Å². The minimum atomic E-state index is -3.58. The van der Waals surface area contributed by atoms with Gasteiger partial charge < -0.3 is 9.84 Å². The van der Waals surface area contributed by atoms with Crippen LogP contribution in [-0.4, -0.2) is 42.5 Å². The summed E-state index contributed by atoms with van der Waals surface area (Å²) in [5.74, 6) is -0.540. The first-order valence-corrected chi connectivity index (χ1v) is 13.9. The number of nitrogens with zero attached hydrogens (tertiary/aromatic N) is 1. The summed E-state index contributed by atoms with van der Waals surface area (Å²) in [5, 5.41) is 10.2. The van der Waals surface area contributed by atoms with Gasteiger partial charge in [-0.1, -0.05) is 44.2 Å². The SMILES string of the molecule is CCCN(CCCc1ccc(OC(C)(C)C(=O)O)cc1)S(=O)(=O)c1sc2ccccc2c1CC. The Bertz CT molecular complexity index is 1230. The van der Waals surface area contributed by atoms with Gasteiger partial charge in [0.1, 0.15) is 9.96 Å². The van der Waals surface area contributed by atoms with Crippen LogP contribution < -0.4 is 4.74 Å². The van der Waals surface area contributed by atoms with Crippen molar-refractivity contribution in [1.82, 2.24) is 4.31 Å². The summed E-state index contributed by atoms with van der Waals surface area (Å²) in [6.45, 7) is 7.93. The van der Waals surface area contributed by atoms with Gasteiger partial charge in [0.15, 0.2) is 5.60 Å². The molecule has 6 nitrogen and oxygen atoms in total. The molecule has 3 aromatic rings. The molecule has 34 heavy (non-hydrogen) atoms. The minimum absolute atomic E-state index is 0.442. The number of benzene rings is 2. The molecule has 0 saturated carbocycles. The zero-order chi connectivity index (χ0) is 24.9. The van der Waals surface area contributed by atoms with Gasteiger partial charge in [0.05, 0.1) is 0 Å². The van der Waals surface area contributed by atoms with Gasteiger partial charge in [-0.15, -0.1) is 11.3 Å². The smallest absolute Gasteiger partial charge is 0.347 e. The van der Waals surface area contributed by atoms with Crippen LogP contribution >= 0.6 is 11.3 Å². The summed E-state index contributed by atoms with van der Waals surface area (Å²) in [5.41, 5.74) is 0.646. The van der Waals surface area contributed by atoms with Crippen LogP contribution in [0, 0.1) is 0 Å². The summed E-state index contributed by atoms with van der Waals surface area (Å²) in [6.07, 6.45) is 2.82. The molecule has 1 heterocycles. The number of rotatable bonds is 12. The van der Waals surface area contributed by atoms with E-state index >= 15 is 0 Å². The monoisotopic (exact) mass is 503 g/mol. The maximum absolute atomic E-state index is 13.6. The molecule has 1 N–H and O–H groups in total. The van der Waals surface area contributed by atoms with Crippen LogP contribution in [0.3, 0.4) is 0 Å². The zero-order valence-corrected chi connectivity index (χ0v) is 21.8. The van der Waals surface area contributed by atoms with E-state index in [1.807, 2.05) is 50.2 Å². The van der Waals surface area contributed by atoms with E-state index in [9.17, 15) is 18.3 Å². The molecule has 0 bridgehead atoms. The highest BCUT2D eigenvalue weighted by Crippen LogP contribution is 2.36. The van der Waals surface area contributed by atoms with E-state index in [0.717, 1.165) is 27.6 Å². The predicted molar refractivity (Wildman–Crippen MR) is 137 cm³/mol. The van der Waals surface area contributed by atoms with Gasteiger partial charge in [-0.05, 0) is 74.2 Å². The second-order valence-corrected chi connectivity index (χ2v) is 12.0. The average Bonchev–Trinajstić information content (AvgIpc) is 3.19. The number of carboxylic acids is 1. The van der Waals surface area contributed by atoms with Crippen molar-refractivity contribution in [3.63, 3.8) is 0 Å². The molecule has 0 aliphatic carbocycles.